The number of rotatable bonds is 3. The van der Waals surface area contributed by atoms with Crippen LogP contribution in [-0.4, -0.2) is 21.4 Å². The molecule has 2 amide bonds. The largest absolute Gasteiger partial charge is 0.417 e. The molecule has 0 spiro atoms. The number of nitrogens with one attached hydrogen (secondary N) is 2. The summed E-state index contributed by atoms with van der Waals surface area (Å²) in [6.07, 6.45) is -1.39. The SMILES string of the molecule is O=C(Cn1cc(C(F)(F)F)ccc1=O)NNC(=O)c1cccnc1. The molecule has 0 bridgehead atoms. The van der Waals surface area contributed by atoms with Gasteiger partial charge in [0.25, 0.3) is 17.4 Å². The monoisotopic (exact) mass is 340 g/mol. The molecule has 0 radical (unpaired) electrons. The normalized spacial score (nSPS) is 11.0. The molecule has 0 atom stereocenters. The molecule has 0 saturated heterocycles. The van der Waals surface area contributed by atoms with Crippen molar-refractivity contribution in [1.82, 2.24) is 20.4 Å². The summed E-state index contributed by atoms with van der Waals surface area (Å²) in [7, 11) is 0. The molecule has 0 saturated carbocycles. The van der Waals surface area contributed by atoms with E-state index in [1.165, 1.54) is 24.5 Å². The van der Waals surface area contributed by atoms with E-state index in [1.54, 1.807) is 0 Å². The van der Waals surface area contributed by atoms with Crippen LogP contribution in [0.3, 0.4) is 0 Å². The first-order chi connectivity index (χ1) is 11.3. The molecule has 0 aliphatic carbocycles. The van der Waals surface area contributed by atoms with Crippen LogP contribution >= 0.6 is 0 Å². The second-order valence-corrected chi connectivity index (χ2v) is 4.63. The number of carbonyl (C=O) groups excluding carboxylic acids is 2. The van der Waals surface area contributed by atoms with Crippen molar-refractivity contribution in [2.24, 2.45) is 0 Å². The van der Waals surface area contributed by atoms with Gasteiger partial charge in [-0.3, -0.25) is 30.2 Å². The lowest BCUT2D eigenvalue weighted by atomic mass is 10.3. The third kappa shape index (κ3) is 4.41. The zero-order chi connectivity index (χ0) is 17.7. The van der Waals surface area contributed by atoms with Gasteiger partial charge in [0.05, 0.1) is 11.1 Å². The second kappa shape index (κ2) is 6.94. The van der Waals surface area contributed by atoms with Crippen LogP contribution < -0.4 is 16.4 Å². The number of pyridine rings is 2. The maximum atomic E-state index is 12.6. The number of carbonyl (C=O) groups is 2. The minimum atomic E-state index is -4.64. The Kier molecular flexibility index (Phi) is 4.97. The van der Waals surface area contributed by atoms with Crippen LogP contribution in [0.25, 0.3) is 0 Å². The minimum Gasteiger partial charge on any atom is -0.305 e. The average molecular weight is 340 g/mol. The van der Waals surface area contributed by atoms with Gasteiger partial charge in [-0.1, -0.05) is 0 Å². The Balaban J connectivity index is 2.00. The van der Waals surface area contributed by atoms with Gasteiger partial charge < -0.3 is 4.57 Å². The summed E-state index contributed by atoms with van der Waals surface area (Å²) in [5.41, 5.74) is 2.41. The van der Waals surface area contributed by atoms with Crippen molar-refractivity contribution in [1.29, 1.82) is 0 Å². The van der Waals surface area contributed by atoms with Gasteiger partial charge in [-0.05, 0) is 18.2 Å². The molecule has 2 aromatic rings. The fourth-order valence-electron chi connectivity index (χ4n) is 1.71. The van der Waals surface area contributed by atoms with E-state index in [0.29, 0.717) is 22.9 Å². The van der Waals surface area contributed by atoms with Crippen molar-refractivity contribution in [2.45, 2.75) is 12.7 Å². The van der Waals surface area contributed by atoms with Crippen LogP contribution in [0.4, 0.5) is 13.2 Å². The topological polar surface area (TPSA) is 93.1 Å². The molecule has 126 valence electrons. The van der Waals surface area contributed by atoms with Gasteiger partial charge in [0.2, 0.25) is 0 Å². The molecule has 0 aromatic carbocycles. The highest BCUT2D eigenvalue weighted by molar-refractivity contribution is 5.94. The number of hydrogen-bond acceptors (Lipinski definition) is 4. The molecule has 0 aliphatic heterocycles. The summed E-state index contributed by atoms with van der Waals surface area (Å²) >= 11 is 0. The van der Waals surface area contributed by atoms with Crippen LogP contribution in [0.1, 0.15) is 15.9 Å². The van der Waals surface area contributed by atoms with Crippen molar-refractivity contribution in [2.75, 3.05) is 0 Å². The summed E-state index contributed by atoms with van der Waals surface area (Å²) in [5, 5.41) is 0. The molecule has 2 N–H and O–H groups in total. The van der Waals surface area contributed by atoms with E-state index in [-0.39, 0.29) is 5.56 Å². The number of hydrazine groups is 1. The Morgan fingerprint density at radius 2 is 1.92 bits per heavy atom. The zero-order valence-corrected chi connectivity index (χ0v) is 12.0. The van der Waals surface area contributed by atoms with E-state index in [9.17, 15) is 27.6 Å². The van der Waals surface area contributed by atoms with Crippen molar-refractivity contribution in [3.63, 3.8) is 0 Å². The fourth-order valence-corrected chi connectivity index (χ4v) is 1.71. The van der Waals surface area contributed by atoms with Crippen LogP contribution in [0.5, 0.6) is 0 Å². The molecule has 24 heavy (non-hydrogen) atoms. The highest BCUT2D eigenvalue weighted by atomic mass is 19.4. The lowest BCUT2D eigenvalue weighted by molar-refractivity contribution is -0.138. The van der Waals surface area contributed by atoms with E-state index in [1.807, 2.05) is 5.43 Å². The van der Waals surface area contributed by atoms with Gasteiger partial charge in [0.1, 0.15) is 6.54 Å². The highest BCUT2D eigenvalue weighted by Gasteiger charge is 2.31. The predicted octanol–water partition coefficient (Wildman–Crippen LogP) is 0.723. The van der Waals surface area contributed by atoms with Crippen LogP contribution in [0.15, 0.2) is 47.7 Å². The highest BCUT2D eigenvalue weighted by Crippen LogP contribution is 2.27. The van der Waals surface area contributed by atoms with Crippen molar-refractivity contribution < 1.29 is 22.8 Å². The van der Waals surface area contributed by atoms with Crippen molar-refractivity contribution in [3.8, 4) is 0 Å². The molecule has 7 nitrogen and oxygen atoms in total. The Hall–Kier alpha value is -3.17. The predicted molar refractivity (Wildman–Crippen MR) is 75.5 cm³/mol. The van der Waals surface area contributed by atoms with Crippen molar-refractivity contribution in [3.05, 3.63) is 64.3 Å². The summed E-state index contributed by atoms with van der Waals surface area (Å²) in [4.78, 5) is 38.6. The third-order valence-corrected chi connectivity index (χ3v) is 2.86. The number of alkyl halides is 3. The lowest BCUT2D eigenvalue weighted by Crippen LogP contribution is -2.44. The van der Waals surface area contributed by atoms with Gasteiger partial charge in [-0.25, -0.2) is 0 Å². The van der Waals surface area contributed by atoms with Gasteiger partial charge in [0, 0.05) is 24.7 Å². The first-order valence-corrected chi connectivity index (χ1v) is 6.54. The average Bonchev–Trinajstić information content (AvgIpc) is 2.54. The number of hydrogen-bond donors (Lipinski definition) is 2. The number of amides is 2. The van der Waals surface area contributed by atoms with E-state index >= 15 is 0 Å². The zero-order valence-electron chi connectivity index (χ0n) is 12.0. The molecule has 2 rings (SSSR count). The summed E-state index contributed by atoms with van der Waals surface area (Å²) in [6.45, 7) is -0.684. The summed E-state index contributed by atoms with van der Waals surface area (Å²) < 4.78 is 38.4. The van der Waals surface area contributed by atoms with Crippen LogP contribution in [0, 0.1) is 0 Å². The molecular formula is C14H11F3N4O3. The second-order valence-electron chi connectivity index (χ2n) is 4.63. The fraction of sp³-hybridized carbons (Fsp3) is 0.143. The van der Waals surface area contributed by atoms with Crippen LogP contribution in [0.2, 0.25) is 0 Å². The number of halogens is 3. The Labute approximate surface area is 133 Å². The van der Waals surface area contributed by atoms with Gasteiger partial charge in [-0.2, -0.15) is 13.2 Å². The van der Waals surface area contributed by atoms with Crippen molar-refractivity contribution >= 4 is 11.8 Å². The summed E-state index contributed by atoms with van der Waals surface area (Å²) in [5.74, 6) is -1.53. The number of nitrogens with zero attached hydrogens (tertiary/aromatic N) is 2. The van der Waals surface area contributed by atoms with Gasteiger partial charge >= 0.3 is 6.18 Å². The first-order valence-electron chi connectivity index (χ1n) is 6.54. The molecule has 0 unspecified atom stereocenters. The molecule has 2 heterocycles. The number of aromatic nitrogens is 2. The summed E-state index contributed by atoms with van der Waals surface area (Å²) in [6, 6.07) is 4.30. The molecule has 10 heteroatoms. The smallest absolute Gasteiger partial charge is 0.305 e. The maximum absolute atomic E-state index is 12.6. The van der Waals surface area contributed by atoms with E-state index < -0.39 is 35.7 Å². The Morgan fingerprint density at radius 1 is 1.17 bits per heavy atom. The third-order valence-electron chi connectivity index (χ3n) is 2.86. The molecule has 2 aromatic heterocycles. The maximum Gasteiger partial charge on any atom is 0.417 e. The molecule has 0 aliphatic rings. The lowest BCUT2D eigenvalue weighted by Gasteiger charge is -2.11. The molecule has 0 fully saturated rings. The Morgan fingerprint density at radius 3 is 2.54 bits per heavy atom. The van der Waals surface area contributed by atoms with Gasteiger partial charge in [0.15, 0.2) is 0 Å². The molecular weight excluding hydrogens is 329 g/mol. The van der Waals surface area contributed by atoms with E-state index in [4.69, 9.17) is 0 Å². The Bertz CT molecular complexity index is 803. The standard InChI is InChI=1S/C14H11F3N4O3/c15-14(16,17)10-3-4-12(23)21(7-10)8-11(22)19-20-13(24)9-2-1-5-18-6-9/h1-7H,8H2,(H,19,22)(H,20,24). The minimum absolute atomic E-state index is 0.175. The quantitative estimate of drug-likeness (QED) is 0.806. The van der Waals surface area contributed by atoms with Crippen LogP contribution in [-0.2, 0) is 17.5 Å². The van der Waals surface area contributed by atoms with E-state index in [0.717, 1.165) is 0 Å². The van der Waals surface area contributed by atoms with Gasteiger partial charge in [-0.15, -0.1) is 0 Å². The first kappa shape index (κ1) is 17.2. The van der Waals surface area contributed by atoms with E-state index in [2.05, 4.69) is 10.4 Å².